The van der Waals surface area contributed by atoms with E-state index in [2.05, 4.69) is 35.8 Å². The molecule has 0 aliphatic carbocycles. The van der Waals surface area contributed by atoms with Crippen LogP contribution in [0.5, 0.6) is 0 Å². The molecule has 1 nitrogen and oxygen atoms in total. The number of halogens is 3. The lowest BCUT2D eigenvalue weighted by Gasteiger charge is -2.13. The molecule has 19 heavy (non-hydrogen) atoms. The second kappa shape index (κ2) is 6.15. The minimum Gasteiger partial charge on any atom is -0.323 e. The summed E-state index contributed by atoms with van der Waals surface area (Å²) in [5.74, 6) is 0.412. The topological polar surface area (TPSA) is 26.0 Å². The minimum atomic E-state index is 0.0587. The number of benzene rings is 1. The number of nitrogens with two attached hydrogens (primary N) is 1. The van der Waals surface area contributed by atoms with Crippen molar-refractivity contribution in [1.82, 2.24) is 0 Å². The summed E-state index contributed by atoms with van der Waals surface area (Å²) in [6.45, 7) is 4.24. The zero-order valence-electron chi connectivity index (χ0n) is 10.6. The second-order valence-corrected chi connectivity index (χ2v) is 7.42. The Kier molecular flexibility index (Phi) is 4.96. The highest BCUT2D eigenvalue weighted by atomic mass is 79.9. The zero-order chi connectivity index (χ0) is 14.2. The highest BCUT2D eigenvalue weighted by Gasteiger charge is 2.16. The molecule has 2 N–H and O–H groups in total. The van der Waals surface area contributed by atoms with Crippen molar-refractivity contribution >= 4 is 50.5 Å². The standard InChI is InChI=1S/C14H14BrCl2NS/c1-7(2)14(18)11-6-5-10(19-11)8-3-4-9(15)13(17)12(8)16/h3-7,14H,18H2,1-2H3. The Bertz CT molecular complexity index is 595. The predicted molar refractivity (Wildman–Crippen MR) is 89.2 cm³/mol. The molecular weight excluding hydrogens is 365 g/mol. The fraction of sp³-hybridized carbons (Fsp3) is 0.286. The van der Waals surface area contributed by atoms with E-state index in [1.807, 2.05) is 18.2 Å². The Hall–Kier alpha value is -0.0600. The summed E-state index contributed by atoms with van der Waals surface area (Å²) >= 11 is 17.5. The van der Waals surface area contributed by atoms with E-state index in [1.165, 1.54) is 4.88 Å². The number of thiophene rings is 1. The van der Waals surface area contributed by atoms with Crippen molar-refractivity contribution in [1.29, 1.82) is 0 Å². The Balaban J connectivity index is 2.41. The molecule has 0 amide bonds. The lowest BCUT2D eigenvalue weighted by atomic mass is 10.0. The van der Waals surface area contributed by atoms with Gasteiger partial charge in [0.25, 0.3) is 0 Å². The first-order valence-electron chi connectivity index (χ1n) is 5.91. The van der Waals surface area contributed by atoms with Crippen LogP contribution >= 0.6 is 50.5 Å². The molecule has 1 heterocycles. The lowest BCUT2D eigenvalue weighted by molar-refractivity contribution is 0.521. The number of rotatable bonds is 3. The first-order valence-corrected chi connectivity index (χ1v) is 8.27. The van der Waals surface area contributed by atoms with E-state index < -0.39 is 0 Å². The summed E-state index contributed by atoms with van der Waals surface area (Å²) in [7, 11) is 0. The maximum absolute atomic E-state index is 6.30. The van der Waals surface area contributed by atoms with E-state index >= 15 is 0 Å². The van der Waals surface area contributed by atoms with Crippen LogP contribution < -0.4 is 5.73 Å². The molecule has 1 aromatic carbocycles. The fourth-order valence-corrected chi connectivity index (χ4v) is 3.87. The van der Waals surface area contributed by atoms with E-state index in [4.69, 9.17) is 28.9 Å². The van der Waals surface area contributed by atoms with Crippen molar-refractivity contribution in [2.24, 2.45) is 11.7 Å². The number of hydrogen-bond acceptors (Lipinski definition) is 2. The van der Waals surface area contributed by atoms with Crippen LogP contribution in [0.1, 0.15) is 24.8 Å². The first kappa shape index (κ1) is 15.3. The van der Waals surface area contributed by atoms with Gasteiger partial charge in [0.2, 0.25) is 0 Å². The molecule has 102 valence electrons. The van der Waals surface area contributed by atoms with Crippen LogP contribution in [0.2, 0.25) is 10.0 Å². The third-order valence-corrected chi connectivity index (χ3v) is 5.97. The van der Waals surface area contributed by atoms with Crippen LogP contribution in [0, 0.1) is 5.92 Å². The highest BCUT2D eigenvalue weighted by Crippen LogP contribution is 2.41. The van der Waals surface area contributed by atoms with E-state index in [9.17, 15) is 0 Å². The Labute approximate surface area is 135 Å². The summed E-state index contributed by atoms with van der Waals surface area (Å²) in [5, 5.41) is 1.12. The maximum atomic E-state index is 6.30. The monoisotopic (exact) mass is 377 g/mol. The van der Waals surface area contributed by atoms with Gasteiger partial charge in [-0.3, -0.25) is 0 Å². The minimum absolute atomic E-state index is 0.0587. The van der Waals surface area contributed by atoms with Crippen LogP contribution in [0.25, 0.3) is 10.4 Å². The summed E-state index contributed by atoms with van der Waals surface area (Å²) < 4.78 is 0.804. The van der Waals surface area contributed by atoms with E-state index in [1.54, 1.807) is 11.3 Å². The van der Waals surface area contributed by atoms with Crippen molar-refractivity contribution in [2.75, 3.05) is 0 Å². The van der Waals surface area contributed by atoms with Gasteiger partial charge in [-0.15, -0.1) is 11.3 Å². The van der Waals surface area contributed by atoms with Crippen LogP contribution in [0.3, 0.4) is 0 Å². The van der Waals surface area contributed by atoms with Crippen molar-refractivity contribution in [3.63, 3.8) is 0 Å². The van der Waals surface area contributed by atoms with Gasteiger partial charge in [0.15, 0.2) is 0 Å². The van der Waals surface area contributed by atoms with Crippen LogP contribution in [-0.4, -0.2) is 0 Å². The van der Waals surface area contributed by atoms with Crippen molar-refractivity contribution < 1.29 is 0 Å². The quantitative estimate of drug-likeness (QED) is 0.637. The maximum Gasteiger partial charge on any atom is 0.0740 e. The molecule has 0 aliphatic heterocycles. The SMILES string of the molecule is CC(C)C(N)c1ccc(-c2ccc(Br)c(Cl)c2Cl)s1. The molecule has 1 unspecified atom stereocenters. The van der Waals surface area contributed by atoms with Crippen molar-refractivity contribution in [3.8, 4) is 10.4 Å². The van der Waals surface area contributed by atoms with Crippen molar-refractivity contribution in [2.45, 2.75) is 19.9 Å². The normalized spacial score (nSPS) is 13.0. The first-order chi connectivity index (χ1) is 8.91. The fourth-order valence-electron chi connectivity index (χ4n) is 1.72. The van der Waals surface area contributed by atoms with E-state index in [0.717, 1.165) is 14.9 Å². The predicted octanol–water partition coefficient (Wildman–Crippen LogP) is 6.14. The molecule has 2 aromatic rings. The molecule has 5 heteroatoms. The molecule has 1 aromatic heterocycles. The average Bonchev–Trinajstić information content (AvgIpc) is 2.84. The molecule has 0 spiro atoms. The summed E-state index contributed by atoms with van der Waals surface area (Å²) in [4.78, 5) is 2.26. The van der Waals surface area contributed by atoms with Crippen LogP contribution in [-0.2, 0) is 0 Å². The molecular formula is C14H14BrCl2NS. The van der Waals surface area contributed by atoms with Gasteiger partial charge in [-0.2, -0.15) is 0 Å². The smallest absolute Gasteiger partial charge is 0.0740 e. The van der Waals surface area contributed by atoms with Gasteiger partial charge in [0.1, 0.15) is 0 Å². The zero-order valence-corrected chi connectivity index (χ0v) is 14.5. The third-order valence-electron chi connectivity index (χ3n) is 2.97. The molecule has 0 radical (unpaired) electrons. The number of hydrogen-bond donors (Lipinski definition) is 1. The second-order valence-electron chi connectivity index (χ2n) is 4.69. The van der Waals surface area contributed by atoms with Crippen LogP contribution in [0.15, 0.2) is 28.7 Å². The van der Waals surface area contributed by atoms with E-state index in [-0.39, 0.29) is 6.04 Å². The molecule has 0 saturated carbocycles. The van der Waals surface area contributed by atoms with Gasteiger partial charge < -0.3 is 5.73 Å². The highest BCUT2D eigenvalue weighted by molar-refractivity contribution is 9.10. The Morgan fingerprint density at radius 3 is 2.42 bits per heavy atom. The van der Waals surface area contributed by atoms with Gasteiger partial charge in [0.05, 0.1) is 10.0 Å². The third kappa shape index (κ3) is 3.17. The summed E-state index contributed by atoms with van der Waals surface area (Å²) in [6.07, 6.45) is 0. The summed E-state index contributed by atoms with van der Waals surface area (Å²) in [6, 6.07) is 8.05. The van der Waals surface area contributed by atoms with E-state index in [0.29, 0.717) is 16.0 Å². The van der Waals surface area contributed by atoms with Gasteiger partial charge >= 0.3 is 0 Å². The Morgan fingerprint density at radius 1 is 1.11 bits per heavy atom. The Morgan fingerprint density at radius 2 is 1.79 bits per heavy atom. The van der Waals surface area contributed by atoms with Gasteiger partial charge in [-0.25, -0.2) is 0 Å². The van der Waals surface area contributed by atoms with Gasteiger partial charge in [-0.05, 0) is 40.0 Å². The molecule has 2 rings (SSSR count). The van der Waals surface area contributed by atoms with Gasteiger partial charge in [-0.1, -0.05) is 43.1 Å². The van der Waals surface area contributed by atoms with Crippen molar-refractivity contribution in [3.05, 3.63) is 43.7 Å². The summed E-state index contributed by atoms with van der Waals surface area (Å²) in [5.41, 5.74) is 7.11. The van der Waals surface area contributed by atoms with Crippen LogP contribution in [0.4, 0.5) is 0 Å². The molecule has 1 atom stereocenters. The van der Waals surface area contributed by atoms with Gasteiger partial charge in [0, 0.05) is 25.8 Å². The molecule has 0 bridgehead atoms. The molecule has 0 fully saturated rings. The lowest BCUT2D eigenvalue weighted by Crippen LogP contribution is -2.14. The molecule has 0 saturated heterocycles. The molecule has 0 aliphatic rings. The average molecular weight is 379 g/mol. The largest absolute Gasteiger partial charge is 0.323 e.